The van der Waals surface area contributed by atoms with Crippen molar-refractivity contribution in [2.24, 2.45) is 0 Å². The Kier molecular flexibility index (Phi) is 6.06. The SMILES string of the molecule is O=S(=O)(NC(=S)Nc1ccc(Cl)cc1)c1ccc(S(=O)(=O)c2ccccc2)s1. The number of hydrogen-bond donors (Lipinski definition) is 2. The third-order valence-electron chi connectivity index (χ3n) is 3.47. The second kappa shape index (κ2) is 8.18. The summed E-state index contributed by atoms with van der Waals surface area (Å²) in [5.41, 5.74) is 0.552. The molecule has 0 saturated heterocycles. The molecule has 2 aromatic carbocycles. The summed E-state index contributed by atoms with van der Waals surface area (Å²) < 4.78 is 52.2. The van der Waals surface area contributed by atoms with E-state index in [2.05, 4.69) is 10.0 Å². The largest absolute Gasteiger partial charge is 0.332 e. The molecule has 146 valence electrons. The fraction of sp³-hybridized carbons (Fsp3) is 0. The predicted octanol–water partition coefficient (Wildman–Crippen LogP) is 3.91. The Morgan fingerprint density at radius 2 is 1.46 bits per heavy atom. The number of thiophene rings is 1. The van der Waals surface area contributed by atoms with Crippen LogP contribution in [0.1, 0.15) is 0 Å². The van der Waals surface area contributed by atoms with E-state index >= 15 is 0 Å². The van der Waals surface area contributed by atoms with Crippen LogP contribution in [-0.2, 0) is 19.9 Å². The lowest BCUT2D eigenvalue weighted by Gasteiger charge is -2.10. The first-order chi connectivity index (χ1) is 13.2. The van der Waals surface area contributed by atoms with Crippen LogP contribution in [0.4, 0.5) is 5.69 Å². The van der Waals surface area contributed by atoms with E-state index in [0.29, 0.717) is 22.0 Å². The molecule has 3 aromatic rings. The summed E-state index contributed by atoms with van der Waals surface area (Å²) in [5.74, 6) is 0. The fourth-order valence-electron chi connectivity index (χ4n) is 2.17. The third kappa shape index (κ3) is 4.70. The van der Waals surface area contributed by atoms with Crippen molar-refractivity contribution in [1.82, 2.24) is 4.72 Å². The molecule has 0 saturated carbocycles. The quantitative estimate of drug-likeness (QED) is 0.547. The Balaban J connectivity index is 1.78. The third-order valence-corrected chi connectivity index (χ3v) is 9.24. The summed E-state index contributed by atoms with van der Waals surface area (Å²) in [5, 5.41) is 3.11. The van der Waals surface area contributed by atoms with Crippen LogP contribution < -0.4 is 10.0 Å². The van der Waals surface area contributed by atoms with Gasteiger partial charge in [0.2, 0.25) is 9.84 Å². The zero-order chi connectivity index (χ0) is 20.4. The number of benzene rings is 2. The summed E-state index contributed by atoms with van der Waals surface area (Å²) in [6.07, 6.45) is 0. The first kappa shape index (κ1) is 20.7. The number of nitrogens with one attached hydrogen (secondary N) is 2. The van der Waals surface area contributed by atoms with Crippen molar-refractivity contribution >= 4 is 65.8 Å². The number of sulfonamides is 1. The van der Waals surface area contributed by atoms with Crippen LogP contribution in [0.5, 0.6) is 0 Å². The summed E-state index contributed by atoms with van der Waals surface area (Å²) in [6, 6.07) is 16.8. The second-order valence-corrected chi connectivity index (χ2v) is 11.5. The summed E-state index contributed by atoms with van der Waals surface area (Å²) in [7, 11) is -7.83. The number of rotatable bonds is 5. The van der Waals surface area contributed by atoms with E-state index in [1.807, 2.05) is 0 Å². The van der Waals surface area contributed by atoms with Crippen LogP contribution in [0, 0.1) is 0 Å². The van der Waals surface area contributed by atoms with Crippen molar-refractivity contribution < 1.29 is 16.8 Å². The van der Waals surface area contributed by atoms with Gasteiger partial charge in [-0.25, -0.2) is 16.8 Å². The molecule has 28 heavy (non-hydrogen) atoms. The van der Waals surface area contributed by atoms with Gasteiger partial charge in [-0.1, -0.05) is 29.8 Å². The van der Waals surface area contributed by atoms with Gasteiger partial charge in [0.1, 0.15) is 8.42 Å². The minimum atomic E-state index is -4.04. The standard InChI is InChI=1S/C17H13ClN2O4S4/c18-12-6-8-13(9-7-12)19-17(25)20-28(23,24)16-11-10-15(26-16)27(21,22)14-4-2-1-3-5-14/h1-11H,(H2,19,20,25). The van der Waals surface area contributed by atoms with Crippen molar-refractivity contribution in [3.63, 3.8) is 0 Å². The molecule has 0 amide bonds. The van der Waals surface area contributed by atoms with E-state index in [0.717, 1.165) is 0 Å². The molecule has 0 radical (unpaired) electrons. The molecule has 3 rings (SSSR count). The lowest BCUT2D eigenvalue weighted by molar-refractivity contribution is 0.594. The fourth-order valence-corrected chi connectivity index (χ4v) is 6.84. The van der Waals surface area contributed by atoms with Crippen LogP contribution in [0.2, 0.25) is 5.02 Å². The van der Waals surface area contributed by atoms with Crippen LogP contribution in [-0.4, -0.2) is 21.9 Å². The van der Waals surface area contributed by atoms with E-state index in [1.54, 1.807) is 42.5 Å². The van der Waals surface area contributed by atoms with Gasteiger partial charge in [-0.05, 0) is 60.7 Å². The Morgan fingerprint density at radius 3 is 2.11 bits per heavy atom. The van der Waals surface area contributed by atoms with Gasteiger partial charge in [0.05, 0.1) is 4.90 Å². The van der Waals surface area contributed by atoms with E-state index < -0.39 is 19.9 Å². The molecule has 1 heterocycles. The highest BCUT2D eigenvalue weighted by molar-refractivity contribution is 7.96. The highest BCUT2D eigenvalue weighted by Crippen LogP contribution is 2.30. The number of hydrogen-bond acceptors (Lipinski definition) is 6. The highest BCUT2D eigenvalue weighted by Gasteiger charge is 2.24. The van der Waals surface area contributed by atoms with Gasteiger partial charge in [-0.3, -0.25) is 4.72 Å². The van der Waals surface area contributed by atoms with Gasteiger partial charge >= 0.3 is 0 Å². The zero-order valence-corrected chi connectivity index (χ0v) is 18.0. The normalized spacial score (nSPS) is 11.8. The highest BCUT2D eigenvalue weighted by atomic mass is 35.5. The van der Waals surface area contributed by atoms with Crippen molar-refractivity contribution in [3.05, 3.63) is 71.8 Å². The Hall–Kier alpha value is -1.98. The molecule has 0 fully saturated rings. The van der Waals surface area contributed by atoms with Gasteiger partial charge in [0.15, 0.2) is 5.11 Å². The molecular weight excluding hydrogens is 460 g/mol. The molecule has 0 spiro atoms. The van der Waals surface area contributed by atoms with Crippen molar-refractivity contribution in [1.29, 1.82) is 0 Å². The van der Waals surface area contributed by atoms with Crippen LogP contribution in [0.15, 0.2) is 80.0 Å². The minimum absolute atomic E-state index is 0.0735. The molecular formula is C17H13ClN2O4S4. The molecule has 0 aliphatic heterocycles. The van der Waals surface area contributed by atoms with E-state index in [9.17, 15) is 16.8 Å². The Labute approximate surface area is 177 Å². The molecule has 0 unspecified atom stereocenters. The molecule has 2 N–H and O–H groups in total. The predicted molar refractivity (Wildman–Crippen MR) is 114 cm³/mol. The molecule has 0 aliphatic rings. The molecule has 6 nitrogen and oxygen atoms in total. The summed E-state index contributed by atoms with van der Waals surface area (Å²) >= 11 is 11.5. The van der Waals surface area contributed by atoms with E-state index in [-0.39, 0.29) is 18.4 Å². The first-order valence-electron chi connectivity index (χ1n) is 7.68. The Morgan fingerprint density at radius 1 is 0.857 bits per heavy atom. The van der Waals surface area contributed by atoms with Crippen LogP contribution in [0.25, 0.3) is 0 Å². The maximum Gasteiger partial charge on any atom is 0.273 e. The van der Waals surface area contributed by atoms with Crippen molar-refractivity contribution in [2.45, 2.75) is 13.3 Å². The average Bonchev–Trinajstić information content (AvgIpc) is 3.16. The first-order valence-corrected chi connectivity index (χ1v) is 12.2. The van der Waals surface area contributed by atoms with Gasteiger partial charge in [0, 0.05) is 10.7 Å². The summed E-state index contributed by atoms with van der Waals surface area (Å²) in [4.78, 5) is 0.0914. The van der Waals surface area contributed by atoms with Crippen molar-refractivity contribution in [2.75, 3.05) is 5.32 Å². The maximum absolute atomic E-state index is 12.6. The average molecular weight is 473 g/mol. The van der Waals surface area contributed by atoms with Gasteiger partial charge in [-0.2, -0.15) is 0 Å². The number of sulfone groups is 1. The van der Waals surface area contributed by atoms with E-state index in [1.165, 1.54) is 24.3 Å². The topological polar surface area (TPSA) is 92.3 Å². The number of anilines is 1. The lowest BCUT2D eigenvalue weighted by Crippen LogP contribution is -2.33. The second-order valence-electron chi connectivity index (χ2n) is 5.46. The molecule has 11 heteroatoms. The number of halogens is 1. The van der Waals surface area contributed by atoms with Crippen LogP contribution >= 0.6 is 35.2 Å². The monoisotopic (exact) mass is 472 g/mol. The molecule has 0 bridgehead atoms. The van der Waals surface area contributed by atoms with Crippen molar-refractivity contribution in [3.8, 4) is 0 Å². The molecule has 0 atom stereocenters. The molecule has 1 aromatic heterocycles. The van der Waals surface area contributed by atoms with Crippen LogP contribution in [0.3, 0.4) is 0 Å². The molecule has 0 aliphatic carbocycles. The van der Waals surface area contributed by atoms with Gasteiger partial charge in [0.25, 0.3) is 10.0 Å². The lowest BCUT2D eigenvalue weighted by atomic mass is 10.3. The maximum atomic E-state index is 12.6. The Bertz CT molecular complexity index is 1210. The summed E-state index contributed by atoms with van der Waals surface area (Å²) in [6.45, 7) is 0. The van der Waals surface area contributed by atoms with Gasteiger partial charge < -0.3 is 5.32 Å². The zero-order valence-electron chi connectivity index (χ0n) is 14.0. The number of thiocarbonyl (C=S) groups is 1. The smallest absolute Gasteiger partial charge is 0.273 e. The van der Waals surface area contributed by atoms with Gasteiger partial charge in [-0.15, -0.1) is 11.3 Å². The van der Waals surface area contributed by atoms with E-state index in [4.69, 9.17) is 23.8 Å². The minimum Gasteiger partial charge on any atom is -0.332 e.